The monoisotopic (exact) mass is 423 g/mol. The molecule has 0 spiro atoms. The van der Waals surface area contributed by atoms with E-state index < -0.39 is 0 Å². The van der Waals surface area contributed by atoms with Gasteiger partial charge in [-0.2, -0.15) is 4.98 Å². The molecular weight excluding hydrogens is 402 g/mol. The minimum Gasteiger partial charge on any atom is -0.497 e. The van der Waals surface area contributed by atoms with E-state index in [1.807, 2.05) is 18.2 Å². The SMILES string of the molecule is COc1ccc(-c2noc(CN(C)C(=O)/C=C/c3ccc4c(c3)OCO4)n2)c(OC)c1. The third-order valence-corrected chi connectivity index (χ3v) is 4.68. The van der Waals surface area contributed by atoms with E-state index in [4.69, 9.17) is 23.5 Å². The summed E-state index contributed by atoms with van der Waals surface area (Å²) in [5.74, 6) is 3.04. The molecule has 0 aliphatic carbocycles. The zero-order valence-electron chi connectivity index (χ0n) is 17.3. The van der Waals surface area contributed by atoms with Gasteiger partial charge in [0.15, 0.2) is 11.5 Å². The van der Waals surface area contributed by atoms with Gasteiger partial charge in [-0.15, -0.1) is 0 Å². The second kappa shape index (κ2) is 8.78. The van der Waals surface area contributed by atoms with E-state index in [1.165, 1.54) is 11.0 Å². The van der Waals surface area contributed by atoms with Crippen molar-refractivity contribution in [3.63, 3.8) is 0 Å². The number of nitrogens with zero attached hydrogens (tertiary/aromatic N) is 3. The average molecular weight is 423 g/mol. The summed E-state index contributed by atoms with van der Waals surface area (Å²) in [5, 5.41) is 4.00. The lowest BCUT2D eigenvalue weighted by Gasteiger charge is -2.11. The van der Waals surface area contributed by atoms with E-state index in [9.17, 15) is 4.79 Å². The van der Waals surface area contributed by atoms with Gasteiger partial charge in [-0.1, -0.05) is 11.2 Å². The molecule has 3 aromatic rings. The normalized spacial score (nSPS) is 12.2. The predicted molar refractivity (Wildman–Crippen MR) is 111 cm³/mol. The van der Waals surface area contributed by atoms with Crippen LogP contribution in [0.2, 0.25) is 0 Å². The van der Waals surface area contributed by atoms with E-state index in [2.05, 4.69) is 10.1 Å². The van der Waals surface area contributed by atoms with Gasteiger partial charge in [-0.05, 0) is 35.9 Å². The molecule has 0 saturated heterocycles. The number of benzene rings is 2. The van der Waals surface area contributed by atoms with Crippen LogP contribution in [0, 0.1) is 0 Å². The largest absolute Gasteiger partial charge is 0.497 e. The topological polar surface area (TPSA) is 96.2 Å². The first-order chi connectivity index (χ1) is 15.1. The summed E-state index contributed by atoms with van der Waals surface area (Å²) in [5.41, 5.74) is 1.49. The molecule has 2 aromatic carbocycles. The Morgan fingerprint density at radius 3 is 2.77 bits per heavy atom. The molecule has 1 aliphatic heterocycles. The molecule has 0 fully saturated rings. The van der Waals surface area contributed by atoms with Crippen molar-refractivity contribution in [2.24, 2.45) is 0 Å². The van der Waals surface area contributed by atoms with Crippen molar-refractivity contribution in [1.82, 2.24) is 15.0 Å². The molecule has 1 aromatic heterocycles. The summed E-state index contributed by atoms with van der Waals surface area (Å²) in [6, 6.07) is 10.8. The van der Waals surface area contributed by atoms with Crippen molar-refractivity contribution in [2.75, 3.05) is 28.1 Å². The van der Waals surface area contributed by atoms with Gasteiger partial charge < -0.3 is 28.4 Å². The summed E-state index contributed by atoms with van der Waals surface area (Å²) in [6.45, 7) is 0.370. The summed E-state index contributed by atoms with van der Waals surface area (Å²) in [7, 11) is 4.79. The molecule has 0 unspecified atom stereocenters. The van der Waals surface area contributed by atoms with Crippen LogP contribution in [0.4, 0.5) is 0 Å². The average Bonchev–Trinajstić information content (AvgIpc) is 3.45. The lowest BCUT2D eigenvalue weighted by molar-refractivity contribution is -0.125. The van der Waals surface area contributed by atoms with Crippen LogP contribution in [-0.4, -0.2) is 49.0 Å². The van der Waals surface area contributed by atoms with Crippen LogP contribution in [0.15, 0.2) is 47.0 Å². The lowest BCUT2D eigenvalue weighted by atomic mass is 10.2. The fraction of sp³-hybridized carbons (Fsp3) is 0.227. The third-order valence-electron chi connectivity index (χ3n) is 4.68. The first kappa shape index (κ1) is 20.3. The van der Waals surface area contributed by atoms with Gasteiger partial charge in [0.25, 0.3) is 0 Å². The quantitative estimate of drug-likeness (QED) is 0.535. The summed E-state index contributed by atoms with van der Waals surface area (Å²) >= 11 is 0. The summed E-state index contributed by atoms with van der Waals surface area (Å²) < 4.78 is 26.5. The van der Waals surface area contributed by atoms with Crippen molar-refractivity contribution < 1.29 is 28.3 Å². The number of ether oxygens (including phenoxy) is 4. The van der Waals surface area contributed by atoms with Crippen molar-refractivity contribution in [2.45, 2.75) is 6.54 Å². The molecule has 1 aliphatic rings. The number of amides is 1. The summed E-state index contributed by atoms with van der Waals surface area (Å²) in [6.07, 6.45) is 3.18. The van der Waals surface area contributed by atoms with Crippen LogP contribution >= 0.6 is 0 Å². The number of fused-ring (bicyclic) bond motifs is 1. The number of carbonyl (C=O) groups is 1. The molecule has 4 rings (SSSR count). The standard InChI is InChI=1S/C22H21N3O6/c1-25(21(26)9-5-14-4-8-17-19(10-14)30-13-29-17)12-20-23-22(24-31-20)16-7-6-15(27-2)11-18(16)28-3/h4-11H,12-13H2,1-3H3/b9-5+. The van der Waals surface area contributed by atoms with Crippen molar-refractivity contribution in [1.29, 1.82) is 0 Å². The molecule has 0 saturated carbocycles. The van der Waals surface area contributed by atoms with Crippen LogP contribution in [0.5, 0.6) is 23.0 Å². The van der Waals surface area contributed by atoms with Crippen LogP contribution in [0.3, 0.4) is 0 Å². The first-order valence-electron chi connectivity index (χ1n) is 9.45. The number of likely N-dealkylation sites (N-methyl/N-ethyl adjacent to an activating group) is 1. The van der Waals surface area contributed by atoms with Gasteiger partial charge in [0, 0.05) is 19.2 Å². The minimum absolute atomic E-state index is 0.162. The maximum absolute atomic E-state index is 12.5. The smallest absolute Gasteiger partial charge is 0.246 e. The highest BCUT2D eigenvalue weighted by molar-refractivity contribution is 5.91. The Morgan fingerprint density at radius 2 is 1.97 bits per heavy atom. The van der Waals surface area contributed by atoms with Crippen molar-refractivity contribution in [3.8, 4) is 34.4 Å². The molecule has 160 valence electrons. The fourth-order valence-corrected chi connectivity index (χ4v) is 3.00. The number of aromatic nitrogens is 2. The number of hydrogen-bond donors (Lipinski definition) is 0. The lowest BCUT2D eigenvalue weighted by Crippen LogP contribution is -2.24. The Labute approximate surface area is 178 Å². The summed E-state index contributed by atoms with van der Waals surface area (Å²) in [4.78, 5) is 18.3. The first-order valence-corrected chi connectivity index (χ1v) is 9.45. The highest BCUT2D eigenvalue weighted by Crippen LogP contribution is 2.33. The molecule has 0 radical (unpaired) electrons. The fourth-order valence-electron chi connectivity index (χ4n) is 3.00. The number of carbonyl (C=O) groups excluding carboxylic acids is 1. The number of rotatable bonds is 7. The second-order valence-electron chi connectivity index (χ2n) is 6.72. The maximum atomic E-state index is 12.5. The van der Waals surface area contributed by atoms with Gasteiger partial charge in [0.2, 0.25) is 24.4 Å². The minimum atomic E-state index is -0.209. The molecule has 2 heterocycles. The van der Waals surface area contributed by atoms with E-state index in [-0.39, 0.29) is 19.2 Å². The van der Waals surface area contributed by atoms with Gasteiger partial charge in [-0.25, -0.2) is 0 Å². The van der Waals surface area contributed by atoms with Crippen LogP contribution in [0.25, 0.3) is 17.5 Å². The van der Waals surface area contributed by atoms with E-state index in [0.717, 1.165) is 5.56 Å². The van der Waals surface area contributed by atoms with Crippen LogP contribution in [-0.2, 0) is 11.3 Å². The van der Waals surface area contributed by atoms with E-state index in [0.29, 0.717) is 40.3 Å². The van der Waals surface area contributed by atoms with Crippen molar-refractivity contribution in [3.05, 3.63) is 53.9 Å². The van der Waals surface area contributed by atoms with E-state index >= 15 is 0 Å². The Morgan fingerprint density at radius 1 is 1.13 bits per heavy atom. The zero-order valence-corrected chi connectivity index (χ0v) is 17.3. The number of methoxy groups -OCH3 is 2. The molecular formula is C22H21N3O6. The van der Waals surface area contributed by atoms with Gasteiger partial charge in [0.1, 0.15) is 11.5 Å². The van der Waals surface area contributed by atoms with Gasteiger partial charge >= 0.3 is 0 Å². The van der Waals surface area contributed by atoms with Crippen molar-refractivity contribution >= 4 is 12.0 Å². The molecule has 1 amide bonds. The molecule has 0 bridgehead atoms. The van der Waals surface area contributed by atoms with Crippen LogP contribution < -0.4 is 18.9 Å². The Balaban J connectivity index is 1.42. The maximum Gasteiger partial charge on any atom is 0.246 e. The molecule has 0 atom stereocenters. The molecule has 0 N–H and O–H groups in total. The second-order valence-corrected chi connectivity index (χ2v) is 6.72. The number of hydrogen-bond acceptors (Lipinski definition) is 8. The molecule has 31 heavy (non-hydrogen) atoms. The van der Waals surface area contributed by atoms with Crippen LogP contribution in [0.1, 0.15) is 11.5 Å². The highest BCUT2D eigenvalue weighted by atomic mass is 16.7. The van der Waals surface area contributed by atoms with Gasteiger partial charge in [-0.3, -0.25) is 4.79 Å². The predicted octanol–water partition coefficient (Wildman–Crippen LogP) is 3.15. The highest BCUT2D eigenvalue weighted by Gasteiger charge is 2.17. The Kier molecular flexibility index (Phi) is 5.74. The Hall–Kier alpha value is -4.01. The van der Waals surface area contributed by atoms with Gasteiger partial charge in [0.05, 0.1) is 26.3 Å². The zero-order chi connectivity index (χ0) is 21.8. The molecule has 9 heteroatoms. The molecule has 9 nitrogen and oxygen atoms in total. The Bertz CT molecular complexity index is 1120. The third kappa shape index (κ3) is 4.45. The van der Waals surface area contributed by atoms with E-state index in [1.54, 1.807) is 45.5 Å².